The minimum absolute atomic E-state index is 0.120. The number of carbonyl (C=O) groups is 1. The van der Waals surface area contributed by atoms with Gasteiger partial charge in [-0.25, -0.2) is 9.67 Å². The molecule has 3 heterocycles. The number of aryl methyl sites for hydroxylation is 2. The highest BCUT2D eigenvalue weighted by Crippen LogP contribution is 2.43. The van der Waals surface area contributed by atoms with Crippen molar-refractivity contribution in [2.24, 2.45) is 5.16 Å². The van der Waals surface area contributed by atoms with E-state index >= 15 is 0 Å². The largest absolute Gasteiger partial charge is 0.399 e. The monoisotopic (exact) mass is 457 g/mol. The molecule has 4 aromatic rings. The van der Waals surface area contributed by atoms with Crippen molar-refractivity contribution in [3.63, 3.8) is 0 Å². The summed E-state index contributed by atoms with van der Waals surface area (Å²) >= 11 is 1.59. The molecule has 33 heavy (non-hydrogen) atoms. The number of rotatable bonds is 6. The fourth-order valence-electron chi connectivity index (χ4n) is 4.05. The van der Waals surface area contributed by atoms with Gasteiger partial charge in [-0.3, -0.25) is 9.78 Å². The van der Waals surface area contributed by atoms with Crippen molar-refractivity contribution in [3.8, 4) is 27.5 Å². The molecule has 3 aromatic heterocycles. The Kier molecular flexibility index (Phi) is 5.60. The molecule has 0 atom stereocenters. The van der Waals surface area contributed by atoms with E-state index < -0.39 is 0 Å². The number of nitrogens with zero attached hydrogens (tertiary/aromatic N) is 5. The first-order valence-corrected chi connectivity index (χ1v) is 11.6. The summed E-state index contributed by atoms with van der Waals surface area (Å²) in [5, 5.41) is 9.75. The van der Waals surface area contributed by atoms with Gasteiger partial charge in [0.05, 0.1) is 40.3 Å². The quantitative estimate of drug-likeness (QED) is 0.313. The fourth-order valence-corrected chi connectivity index (χ4v) is 5.29. The Morgan fingerprint density at radius 3 is 2.73 bits per heavy atom. The maximum absolute atomic E-state index is 11.7. The molecule has 0 saturated carbocycles. The van der Waals surface area contributed by atoms with Crippen LogP contribution in [0.4, 0.5) is 0 Å². The molecule has 166 valence electrons. The number of ketones is 1. The summed E-state index contributed by atoms with van der Waals surface area (Å²) < 4.78 is 2.00. The van der Waals surface area contributed by atoms with E-state index in [0.717, 1.165) is 62.3 Å². The van der Waals surface area contributed by atoms with Crippen LogP contribution in [0.2, 0.25) is 0 Å². The number of hydrogen-bond donors (Lipinski definition) is 0. The number of pyridine rings is 1. The standard InChI is InChI=1S/C25H23N5O2S/c1-15-4-7-18(14-26-15)23-20-10-11-21-25(33-22(28-21)12-16(2)31)24(20)30(29-23)19-8-5-17(6-9-19)13-27-32-3/h4-9,13-14H,10-12H2,1-3H3/b27-13+. The van der Waals surface area contributed by atoms with Crippen molar-refractivity contribution < 1.29 is 9.63 Å². The Morgan fingerprint density at radius 2 is 2.03 bits per heavy atom. The lowest BCUT2D eigenvalue weighted by atomic mass is 9.95. The molecule has 1 aliphatic rings. The van der Waals surface area contributed by atoms with Gasteiger partial charge < -0.3 is 4.84 Å². The molecule has 0 fully saturated rings. The zero-order valence-corrected chi connectivity index (χ0v) is 19.5. The molecular formula is C25H23N5O2S. The van der Waals surface area contributed by atoms with Gasteiger partial charge in [0.1, 0.15) is 17.9 Å². The summed E-state index contributed by atoms with van der Waals surface area (Å²) in [5.74, 6) is 0.120. The smallest absolute Gasteiger partial charge is 0.136 e. The molecule has 0 amide bonds. The molecule has 0 spiro atoms. The van der Waals surface area contributed by atoms with Gasteiger partial charge in [0.25, 0.3) is 0 Å². The predicted octanol–water partition coefficient (Wildman–Crippen LogP) is 4.58. The van der Waals surface area contributed by atoms with E-state index in [9.17, 15) is 4.79 Å². The molecular weight excluding hydrogens is 434 g/mol. The number of Topliss-reactive ketones (excluding diaryl/α,β-unsaturated/α-hetero) is 1. The van der Waals surface area contributed by atoms with Crippen molar-refractivity contribution in [1.82, 2.24) is 19.7 Å². The van der Waals surface area contributed by atoms with Gasteiger partial charge in [-0.05, 0) is 56.5 Å². The Hall–Kier alpha value is -3.65. The van der Waals surface area contributed by atoms with Crippen LogP contribution < -0.4 is 0 Å². The van der Waals surface area contributed by atoms with Crippen LogP contribution in [0, 0.1) is 6.92 Å². The first-order valence-electron chi connectivity index (χ1n) is 10.7. The van der Waals surface area contributed by atoms with Crippen LogP contribution in [0.3, 0.4) is 0 Å². The first kappa shape index (κ1) is 21.2. The molecule has 5 rings (SSSR count). The molecule has 0 radical (unpaired) electrons. The van der Waals surface area contributed by atoms with Crippen LogP contribution in [-0.4, -0.2) is 38.9 Å². The van der Waals surface area contributed by atoms with E-state index in [1.54, 1.807) is 24.5 Å². The van der Waals surface area contributed by atoms with Crippen molar-refractivity contribution in [3.05, 3.63) is 70.1 Å². The zero-order chi connectivity index (χ0) is 22.9. The third-order valence-corrected chi connectivity index (χ3v) is 6.69. The minimum Gasteiger partial charge on any atom is -0.399 e. The average Bonchev–Trinajstić information content (AvgIpc) is 3.39. The maximum atomic E-state index is 11.7. The number of benzene rings is 1. The highest BCUT2D eigenvalue weighted by atomic mass is 32.1. The number of oxime groups is 1. The van der Waals surface area contributed by atoms with Gasteiger partial charge in [0.15, 0.2) is 0 Å². The van der Waals surface area contributed by atoms with Gasteiger partial charge >= 0.3 is 0 Å². The van der Waals surface area contributed by atoms with Gasteiger partial charge in [-0.1, -0.05) is 17.3 Å². The molecule has 0 N–H and O–H groups in total. The summed E-state index contributed by atoms with van der Waals surface area (Å²) in [6, 6.07) is 12.1. The highest BCUT2D eigenvalue weighted by Gasteiger charge is 2.29. The molecule has 0 unspecified atom stereocenters. The van der Waals surface area contributed by atoms with Gasteiger partial charge in [-0.15, -0.1) is 11.3 Å². The van der Waals surface area contributed by atoms with E-state index in [1.807, 2.05) is 48.1 Å². The summed E-state index contributed by atoms with van der Waals surface area (Å²) in [6.07, 6.45) is 5.59. The number of hydrogen-bond acceptors (Lipinski definition) is 7. The topological polar surface area (TPSA) is 82.3 Å². The molecule has 0 aliphatic heterocycles. The normalized spacial score (nSPS) is 12.6. The number of thiazole rings is 1. The zero-order valence-electron chi connectivity index (χ0n) is 18.7. The maximum Gasteiger partial charge on any atom is 0.136 e. The van der Waals surface area contributed by atoms with E-state index in [0.29, 0.717) is 6.42 Å². The second-order valence-corrected chi connectivity index (χ2v) is 9.13. The molecule has 7 nitrogen and oxygen atoms in total. The van der Waals surface area contributed by atoms with Gasteiger partial charge in [0, 0.05) is 23.0 Å². The van der Waals surface area contributed by atoms with Crippen LogP contribution >= 0.6 is 11.3 Å². The summed E-state index contributed by atoms with van der Waals surface area (Å²) in [7, 11) is 1.52. The van der Waals surface area contributed by atoms with Crippen LogP contribution in [0.25, 0.3) is 27.5 Å². The van der Waals surface area contributed by atoms with E-state index in [2.05, 4.69) is 16.2 Å². The number of carbonyl (C=O) groups excluding carboxylic acids is 1. The van der Waals surface area contributed by atoms with E-state index in [4.69, 9.17) is 14.9 Å². The van der Waals surface area contributed by atoms with Crippen molar-refractivity contribution in [1.29, 1.82) is 0 Å². The first-order chi connectivity index (χ1) is 16.0. The molecule has 0 bridgehead atoms. The predicted molar refractivity (Wildman–Crippen MR) is 129 cm³/mol. The molecule has 8 heteroatoms. The third kappa shape index (κ3) is 4.09. The van der Waals surface area contributed by atoms with Crippen LogP contribution in [-0.2, 0) is 28.9 Å². The second-order valence-electron chi connectivity index (χ2n) is 8.05. The molecule has 1 aliphatic carbocycles. The summed E-state index contributed by atoms with van der Waals surface area (Å²) in [5.41, 5.74) is 8.08. The lowest BCUT2D eigenvalue weighted by molar-refractivity contribution is -0.116. The number of aromatic nitrogens is 4. The van der Waals surface area contributed by atoms with Gasteiger partial charge in [0.2, 0.25) is 0 Å². The van der Waals surface area contributed by atoms with E-state index in [-0.39, 0.29) is 5.78 Å². The Balaban J connectivity index is 1.67. The van der Waals surface area contributed by atoms with Crippen molar-refractivity contribution in [2.75, 3.05) is 7.11 Å². The van der Waals surface area contributed by atoms with Crippen LogP contribution in [0.15, 0.2) is 47.8 Å². The van der Waals surface area contributed by atoms with Crippen LogP contribution in [0.1, 0.15) is 34.4 Å². The molecule has 1 aromatic carbocycles. The van der Waals surface area contributed by atoms with E-state index in [1.165, 1.54) is 12.7 Å². The lowest BCUT2D eigenvalue weighted by Gasteiger charge is -2.14. The molecule has 0 saturated heterocycles. The third-order valence-electron chi connectivity index (χ3n) is 5.58. The Morgan fingerprint density at radius 1 is 1.21 bits per heavy atom. The summed E-state index contributed by atoms with van der Waals surface area (Å²) in [6.45, 7) is 3.58. The Labute approximate surface area is 195 Å². The summed E-state index contributed by atoms with van der Waals surface area (Å²) in [4.78, 5) is 26.8. The minimum atomic E-state index is 0.120. The van der Waals surface area contributed by atoms with Crippen molar-refractivity contribution >= 4 is 23.3 Å². The Bertz CT molecular complexity index is 1350. The van der Waals surface area contributed by atoms with Gasteiger partial charge in [-0.2, -0.15) is 5.10 Å². The highest BCUT2D eigenvalue weighted by molar-refractivity contribution is 7.15. The lowest BCUT2D eigenvalue weighted by Crippen LogP contribution is -2.06. The van der Waals surface area contributed by atoms with Crippen molar-refractivity contribution in [2.45, 2.75) is 33.1 Å². The average molecular weight is 458 g/mol. The second kappa shape index (κ2) is 8.71. The van der Waals surface area contributed by atoms with Crippen LogP contribution in [0.5, 0.6) is 0 Å². The number of fused-ring (bicyclic) bond motifs is 3. The SMILES string of the molecule is CO/N=C/c1ccc(-n2nc(-c3ccc(C)nc3)c3c2-c2sc(CC(C)=O)nc2CC3)cc1. The fraction of sp³-hybridized carbons (Fsp3) is 0.240.